The highest BCUT2D eigenvalue weighted by atomic mass is 19.4. The van der Waals surface area contributed by atoms with Gasteiger partial charge in [-0.1, -0.05) is 12.1 Å². The topological polar surface area (TPSA) is 99.2 Å². The van der Waals surface area contributed by atoms with Gasteiger partial charge in [-0.25, -0.2) is 0 Å². The first-order valence-electron chi connectivity index (χ1n) is 9.12. The number of hydrogen-bond acceptors (Lipinski definition) is 5. The number of nitrogens with zero attached hydrogens (tertiary/aromatic N) is 2. The Kier molecular flexibility index (Phi) is 6.00. The van der Waals surface area contributed by atoms with Crippen LogP contribution in [0.15, 0.2) is 59.4 Å². The average Bonchev–Trinajstić information content (AvgIpc) is 2.73. The van der Waals surface area contributed by atoms with Crippen LogP contribution in [0.1, 0.15) is 34.6 Å². The van der Waals surface area contributed by atoms with Crippen LogP contribution in [0, 0.1) is 0 Å². The van der Waals surface area contributed by atoms with Crippen molar-refractivity contribution in [3.63, 3.8) is 0 Å². The number of amides is 1. The highest BCUT2D eigenvalue weighted by Crippen LogP contribution is 2.32. The molecule has 2 aromatic carbocycles. The summed E-state index contributed by atoms with van der Waals surface area (Å²) in [6, 6.07) is 11.3. The fraction of sp³-hybridized carbons (Fsp3) is 0.190. The SMILES string of the molecule is COc1ccccc1-n1nc(C(=O)N[C@H](C)c2cc(N)cc(C(F)(F)F)c2)ccc1=O. The zero-order chi connectivity index (χ0) is 22.8. The van der Waals surface area contributed by atoms with Crippen molar-refractivity contribution >= 4 is 11.6 Å². The van der Waals surface area contributed by atoms with Gasteiger partial charge in [-0.15, -0.1) is 0 Å². The minimum absolute atomic E-state index is 0.0752. The number of anilines is 1. The average molecular weight is 432 g/mol. The number of alkyl halides is 3. The Morgan fingerprint density at radius 2 is 1.87 bits per heavy atom. The van der Waals surface area contributed by atoms with Crippen molar-refractivity contribution in [1.82, 2.24) is 15.1 Å². The monoisotopic (exact) mass is 432 g/mol. The molecule has 1 atom stereocenters. The maximum atomic E-state index is 13.0. The number of rotatable bonds is 5. The first-order valence-corrected chi connectivity index (χ1v) is 9.12. The lowest BCUT2D eigenvalue weighted by Gasteiger charge is -2.17. The number of halogens is 3. The number of carbonyl (C=O) groups is 1. The van der Waals surface area contributed by atoms with E-state index in [9.17, 15) is 22.8 Å². The molecule has 1 amide bonds. The van der Waals surface area contributed by atoms with Gasteiger partial charge in [0.2, 0.25) is 0 Å². The second kappa shape index (κ2) is 8.50. The number of nitrogens with two attached hydrogens (primary N) is 1. The Balaban J connectivity index is 1.89. The van der Waals surface area contributed by atoms with Gasteiger partial charge in [0.15, 0.2) is 0 Å². The van der Waals surface area contributed by atoms with Crippen molar-refractivity contribution in [1.29, 1.82) is 0 Å². The van der Waals surface area contributed by atoms with Crippen molar-refractivity contribution in [3.8, 4) is 11.4 Å². The predicted molar refractivity (Wildman–Crippen MR) is 108 cm³/mol. The summed E-state index contributed by atoms with van der Waals surface area (Å²) in [5, 5.41) is 6.65. The Morgan fingerprint density at radius 3 is 2.55 bits per heavy atom. The molecule has 0 aliphatic heterocycles. The van der Waals surface area contributed by atoms with E-state index in [1.165, 1.54) is 32.2 Å². The molecule has 10 heteroatoms. The third-order valence-electron chi connectivity index (χ3n) is 4.50. The number of nitrogen functional groups attached to an aromatic ring is 1. The normalized spacial score (nSPS) is 12.3. The Hall–Kier alpha value is -3.82. The van der Waals surface area contributed by atoms with Crippen LogP contribution in [-0.4, -0.2) is 22.8 Å². The number of hydrogen-bond donors (Lipinski definition) is 2. The zero-order valence-corrected chi connectivity index (χ0v) is 16.6. The summed E-state index contributed by atoms with van der Waals surface area (Å²) < 4.78 is 45.4. The second-order valence-electron chi connectivity index (χ2n) is 6.72. The van der Waals surface area contributed by atoms with Crippen LogP contribution in [0.3, 0.4) is 0 Å². The van der Waals surface area contributed by atoms with Crippen LogP contribution >= 0.6 is 0 Å². The van der Waals surface area contributed by atoms with E-state index in [0.717, 1.165) is 16.8 Å². The first kappa shape index (κ1) is 21.9. The van der Waals surface area contributed by atoms with Gasteiger partial charge in [0.25, 0.3) is 11.5 Å². The molecule has 0 fully saturated rings. The summed E-state index contributed by atoms with van der Waals surface area (Å²) in [7, 11) is 1.43. The smallest absolute Gasteiger partial charge is 0.416 e. The van der Waals surface area contributed by atoms with E-state index >= 15 is 0 Å². The fourth-order valence-electron chi connectivity index (χ4n) is 2.95. The van der Waals surface area contributed by atoms with Gasteiger partial charge in [-0.05, 0) is 48.9 Å². The molecule has 3 N–H and O–H groups in total. The Bertz CT molecular complexity index is 1180. The maximum absolute atomic E-state index is 13.0. The van der Waals surface area contributed by atoms with Crippen molar-refractivity contribution in [2.45, 2.75) is 19.1 Å². The molecule has 1 heterocycles. The molecule has 7 nitrogen and oxygen atoms in total. The molecule has 0 spiro atoms. The molecule has 0 bridgehead atoms. The van der Waals surface area contributed by atoms with E-state index in [1.807, 2.05) is 0 Å². The number of benzene rings is 2. The largest absolute Gasteiger partial charge is 0.494 e. The summed E-state index contributed by atoms with van der Waals surface area (Å²) in [6.45, 7) is 1.52. The fourth-order valence-corrected chi connectivity index (χ4v) is 2.95. The number of aromatic nitrogens is 2. The molecule has 0 aliphatic rings. The van der Waals surface area contributed by atoms with E-state index in [4.69, 9.17) is 10.5 Å². The Labute approximate surface area is 175 Å². The van der Waals surface area contributed by atoms with Gasteiger partial charge in [-0.3, -0.25) is 9.59 Å². The summed E-state index contributed by atoms with van der Waals surface area (Å²) in [5.74, 6) is -0.297. The van der Waals surface area contributed by atoms with E-state index in [1.54, 1.807) is 24.3 Å². The molecule has 0 saturated carbocycles. The number of nitrogens with one attached hydrogen (secondary N) is 1. The highest BCUT2D eigenvalue weighted by Gasteiger charge is 2.31. The van der Waals surface area contributed by atoms with Gasteiger partial charge in [0, 0.05) is 11.8 Å². The lowest BCUT2D eigenvalue weighted by molar-refractivity contribution is -0.137. The molecular weight excluding hydrogens is 413 g/mol. The van der Waals surface area contributed by atoms with Crippen molar-refractivity contribution < 1.29 is 22.7 Å². The van der Waals surface area contributed by atoms with Crippen molar-refractivity contribution in [3.05, 3.63) is 81.8 Å². The van der Waals surface area contributed by atoms with E-state index in [-0.39, 0.29) is 16.9 Å². The molecule has 0 unspecified atom stereocenters. The standard InChI is InChI=1S/C21H19F3N4O3/c1-12(13-9-14(21(22,23)24)11-15(25)10-13)26-20(30)16-7-8-19(29)28(27-16)17-5-3-4-6-18(17)31-2/h3-12H,25H2,1-2H3,(H,26,30)/t12-/m1/s1. The van der Waals surface area contributed by atoms with Crippen LogP contribution in [0.2, 0.25) is 0 Å². The third-order valence-corrected chi connectivity index (χ3v) is 4.50. The molecule has 3 aromatic rings. The molecule has 162 valence electrons. The summed E-state index contributed by atoms with van der Waals surface area (Å²) in [5.41, 5.74) is 4.53. The van der Waals surface area contributed by atoms with Gasteiger partial charge in [-0.2, -0.15) is 23.0 Å². The van der Waals surface area contributed by atoms with Crippen molar-refractivity contribution in [2.24, 2.45) is 0 Å². The lowest BCUT2D eigenvalue weighted by Crippen LogP contribution is -2.31. The van der Waals surface area contributed by atoms with Crippen LogP contribution in [0.5, 0.6) is 5.75 Å². The van der Waals surface area contributed by atoms with E-state index in [2.05, 4.69) is 10.4 Å². The zero-order valence-electron chi connectivity index (χ0n) is 16.6. The molecular formula is C21H19F3N4O3. The maximum Gasteiger partial charge on any atom is 0.416 e. The summed E-state index contributed by atoms with van der Waals surface area (Å²) >= 11 is 0. The molecule has 0 radical (unpaired) electrons. The third kappa shape index (κ3) is 4.85. The van der Waals surface area contributed by atoms with Gasteiger partial charge in [0.05, 0.1) is 18.7 Å². The molecule has 0 aliphatic carbocycles. The number of carbonyl (C=O) groups excluding carboxylic acids is 1. The van der Waals surface area contributed by atoms with Gasteiger partial charge < -0.3 is 15.8 Å². The summed E-state index contributed by atoms with van der Waals surface area (Å²) in [6.07, 6.45) is -4.57. The molecule has 1 aromatic heterocycles. The van der Waals surface area contributed by atoms with Crippen LogP contribution in [0.4, 0.5) is 18.9 Å². The summed E-state index contributed by atoms with van der Waals surface area (Å²) in [4.78, 5) is 24.9. The number of para-hydroxylation sites is 2. The highest BCUT2D eigenvalue weighted by molar-refractivity contribution is 5.92. The van der Waals surface area contributed by atoms with E-state index < -0.39 is 29.2 Å². The lowest BCUT2D eigenvalue weighted by atomic mass is 10.0. The van der Waals surface area contributed by atoms with Gasteiger partial charge in [0.1, 0.15) is 17.1 Å². The van der Waals surface area contributed by atoms with Crippen LogP contribution in [0.25, 0.3) is 5.69 Å². The molecule has 3 rings (SSSR count). The van der Waals surface area contributed by atoms with Crippen LogP contribution < -0.4 is 21.3 Å². The quantitative estimate of drug-likeness (QED) is 0.603. The first-order chi connectivity index (χ1) is 14.6. The van der Waals surface area contributed by atoms with Gasteiger partial charge >= 0.3 is 6.18 Å². The minimum Gasteiger partial charge on any atom is -0.494 e. The number of ether oxygens (including phenoxy) is 1. The van der Waals surface area contributed by atoms with Crippen molar-refractivity contribution in [2.75, 3.05) is 12.8 Å². The Morgan fingerprint density at radius 1 is 1.16 bits per heavy atom. The van der Waals surface area contributed by atoms with E-state index in [0.29, 0.717) is 11.4 Å². The van der Waals surface area contributed by atoms with Crippen LogP contribution in [-0.2, 0) is 6.18 Å². The second-order valence-corrected chi connectivity index (χ2v) is 6.72. The molecule has 0 saturated heterocycles. The number of methoxy groups -OCH3 is 1. The predicted octanol–water partition coefficient (Wildman–Crippen LogP) is 3.33. The minimum atomic E-state index is -4.57. The molecule has 31 heavy (non-hydrogen) atoms.